The highest BCUT2D eigenvalue weighted by atomic mass is 32.2. The summed E-state index contributed by atoms with van der Waals surface area (Å²) in [7, 11) is -1.16. The largest absolute Gasteiger partial charge is 0.305 e. The lowest BCUT2D eigenvalue weighted by atomic mass is 10.1. The monoisotopic (exact) mass is 377 g/mol. The Bertz CT molecular complexity index is 1160. The highest BCUT2D eigenvalue weighted by Gasteiger charge is 2.16. The van der Waals surface area contributed by atoms with Crippen LogP contribution in [0.4, 0.5) is 5.82 Å². The van der Waals surface area contributed by atoms with Crippen LogP contribution >= 0.6 is 0 Å². The smallest absolute Gasteiger partial charge is 0.277 e. The predicted octanol–water partition coefficient (Wildman–Crippen LogP) is 2.78. The SMILES string of the molecule is CS(=O)c1ccccc1-c1ccc2ncc(C(=O)Nc3ccccn3)n2n1. The summed E-state index contributed by atoms with van der Waals surface area (Å²) in [6.07, 6.45) is 4.69. The first-order valence-electron chi connectivity index (χ1n) is 8.13. The van der Waals surface area contributed by atoms with E-state index in [-0.39, 0.29) is 11.6 Å². The molecule has 1 atom stereocenters. The average Bonchev–Trinajstić information content (AvgIpc) is 3.12. The molecule has 7 nitrogen and oxygen atoms in total. The first-order valence-corrected chi connectivity index (χ1v) is 9.69. The molecule has 0 saturated carbocycles. The normalized spacial score (nSPS) is 12.0. The molecule has 0 aliphatic rings. The van der Waals surface area contributed by atoms with Crippen molar-refractivity contribution in [3.8, 4) is 11.3 Å². The van der Waals surface area contributed by atoms with Gasteiger partial charge in [0, 0.05) is 22.9 Å². The molecular formula is C19H15N5O2S. The van der Waals surface area contributed by atoms with Crippen LogP contribution in [0.3, 0.4) is 0 Å². The summed E-state index contributed by atoms with van der Waals surface area (Å²) in [6, 6.07) is 16.2. The van der Waals surface area contributed by atoms with Crippen LogP contribution in [0.1, 0.15) is 10.5 Å². The number of nitrogens with zero attached hydrogens (tertiary/aromatic N) is 4. The van der Waals surface area contributed by atoms with E-state index in [1.807, 2.05) is 18.2 Å². The minimum Gasteiger partial charge on any atom is -0.305 e. The van der Waals surface area contributed by atoms with E-state index in [0.717, 1.165) is 5.56 Å². The lowest BCUT2D eigenvalue weighted by Gasteiger charge is -2.08. The van der Waals surface area contributed by atoms with Gasteiger partial charge in [0.25, 0.3) is 5.91 Å². The van der Waals surface area contributed by atoms with Crippen LogP contribution in [0.15, 0.2) is 71.9 Å². The van der Waals surface area contributed by atoms with E-state index in [1.54, 1.807) is 48.9 Å². The molecule has 1 unspecified atom stereocenters. The zero-order valence-electron chi connectivity index (χ0n) is 14.4. The fourth-order valence-electron chi connectivity index (χ4n) is 2.72. The van der Waals surface area contributed by atoms with E-state index >= 15 is 0 Å². The Morgan fingerprint density at radius 3 is 2.63 bits per heavy atom. The summed E-state index contributed by atoms with van der Waals surface area (Å²) in [5, 5.41) is 7.28. The molecule has 3 heterocycles. The van der Waals surface area contributed by atoms with Gasteiger partial charge >= 0.3 is 0 Å². The molecule has 4 rings (SSSR count). The van der Waals surface area contributed by atoms with Crippen molar-refractivity contribution in [3.63, 3.8) is 0 Å². The predicted molar refractivity (Wildman–Crippen MR) is 103 cm³/mol. The van der Waals surface area contributed by atoms with E-state index in [2.05, 4.69) is 20.4 Å². The molecule has 1 N–H and O–H groups in total. The van der Waals surface area contributed by atoms with E-state index in [9.17, 15) is 9.00 Å². The summed E-state index contributed by atoms with van der Waals surface area (Å²) in [5.74, 6) is 0.0820. The minimum atomic E-state index is -1.16. The van der Waals surface area contributed by atoms with Gasteiger partial charge in [0.1, 0.15) is 5.82 Å². The number of carbonyl (C=O) groups excluding carboxylic acids is 1. The van der Waals surface area contributed by atoms with Crippen molar-refractivity contribution in [1.29, 1.82) is 0 Å². The van der Waals surface area contributed by atoms with Crippen LogP contribution in [-0.2, 0) is 10.8 Å². The van der Waals surface area contributed by atoms with Crippen LogP contribution in [0.5, 0.6) is 0 Å². The standard InChI is InChI=1S/C19H15N5O2S/c1-27(26)16-7-3-2-6-13(16)14-9-10-18-21-12-15(24(18)23-14)19(25)22-17-8-4-5-11-20-17/h2-12H,1H3,(H,20,22,25). The lowest BCUT2D eigenvalue weighted by molar-refractivity contribution is 0.102. The molecule has 8 heteroatoms. The number of hydrogen-bond donors (Lipinski definition) is 1. The number of benzene rings is 1. The number of aromatic nitrogens is 4. The number of carbonyl (C=O) groups is 1. The number of pyridine rings is 1. The van der Waals surface area contributed by atoms with Crippen molar-refractivity contribution in [2.75, 3.05) is 11.6 Å². The van der Waals surface area contributed by atoms with Gasteiger partial charge in [-0.2, -0.15) is 5.10 Å². The molecule has 134 valence electrons. The van der Waals surface area contributed by atoms with E-state index in [0.29, 0.717) is 22.1 Å². The summed E-state index contributed by atoms with van der Waals surface area (Å²) in [5.41, 5.74) is 2.19. The highest BCUT2D eigenvalue weighted by molar-refractivity contribution is 7.84. The van der Waals surface area contributed by atoms with Gasteiger partial charge in [-0.3, -0.25) is 9.00 Å². The molecule has 0 spiro atoms. The fourth-order valence-corrected chi connectivity index (χ4v) is 3.47. The fraction of sp³-hybridized carbons (Fsp3) is 0.0526. The number of nitrogens with one attached hydrogen (secondary N) is 1. The van der Waals surface area contributed by atoms with Crippen LogP contribution in [0.25, 0.3) is 16.9 Å². The maximum Gasteiger partial charge on any atom is 0.277 e. The zero-order valence-corrected chi connectivity index (χ0v) is 15.2. The molecule has 0 fully saturated rings. The van der Waals surface area contributed by atoms with Crippen LogP contribution in [0, 0.1) is 0 Å². The molecule has 0 bridgehead atoms. The maximum absolute atomic E-state index is 12.6. The summed E-state index contributed by atoms with van der Waals surface area (Å²) in [6.45, 7) is 0. The topological polar surface area (TPSA) is 89.2 Å². The van der Waals surface area contributed by atoms with Gasteiger partial charge in [-0.15, -0.1) is 0 Å². The zero-order chi connectivity index (χ0) is 18.8. The van der Waals surface area contributed by atoms with Gasteiger partial charge < -0.3 is 5.32 Å². The lowest BCUT2D eigenvalue weighted by Crippen LogP contribution is -2.16. The molecule has 1 aromatic carbocycles. The van der Waals surface area contributed by atoms with Crippen molar-refractivity contribution in [3.05, 3.63) is 72.7 Å². The van der Waals surface area contributed by atoms with Crippen LogP contribution in [0.2, 0.25) is 0 Å². The van der Waals surface area contributed by atoms with Gasteiger partial charge in [-0.25, -0.2) is 14.5 Å². The van der Waals surface area contributed by atoms with Crippen molar-refractivity contribution in [1.82, 2.24) is 19.6 Å². The quantitative estimate of drug-likeness (QED) is 0.591. The number of hydrogen-bond acceptors (Lipinski definition) is 5. The number of fused-ring (bicyclic) bond motifs is 1. The Hall–Kier alpha value is -3.39. The second-order valence-electron chi connectivity index (χ2n) is 5.75. The van der Waals surface area contributed by atoms with Crippen LogP contribution < -0.4 is 5.32 Å². The second-order valence-corrected chi connectivity index (χ2v) is 7.10. The Kier molecular flexibility index (Phi) is 4.47. The molecule has 4 aromatic rings. The molecule has 27 heavy (non-hydrogen) atoms. The number of amides is 1. The van der Waals surface area contributed by atoms with Gasteiger partial charge in [0.2, 0.25) is 0 Å². The Labute approximate surface area is 157 Å². The van der Waals surface area contributed by atoms with E-state index < -0.39 is 10.8 Å². The third-order valence-electron chi connectivity index (χ3n) is 3.97. The van der Waals surface area contributed by atoms with Crippen LogP contribution in [-0.4, -0.2) is 36.0 Å². The molecule has 0 saturated heterocycles. The Morgan fingerprint density at radius 1 is 1.04 bits per heavy atom. The van der Waals surface area contributed by atoms with Gasteiger partial charge in [0.05, 0.1) is 22.7 Å². The first-order chi connectivity index (χ1) is 13.1. The molecular weight excluding hydrogens is 362 g/mol. The molecule has 0 aliphatic carbocycles. The van der Waals surface area contributed by atoms with Crippen molar-refractivity contribution in [2.45, 2.75) is 4.90 Å². The number of rotatable bonds is 4. The third-order valence-corrected chi connectivity index (χ3v) is 4.95. The summed E-state index contributed by atoms with van der Waals surface area (Å²) < 4.78 is 13.5. The average molecular weight is 377 g/mol. The summed E-state index contributed by atoms with van der Waals surface area (Å²) in [4.78, 5) is 21.6. The third kappa shape index (κ3) is 3.34. The van der Waals surface area contributed by atoms with Crippen molar-refractivity contribution >= 4 is 28.2 Å². The van der Waals surface area contributed by atoms with Gasteiger partial charge in [-0.1, -0.05) is 24.3 Å². The Morgan fingerprint density at radius 2 is 1.85 bits per heavy atom. The number of imidazole rings is 1. The maximum atomic E-state index is 12.6. The molecule has 3 aromatic heterocycles. The minimum absolute atomic E-state index is 0.285. The Balaban J connectivity index is 1.76. The van der Waals surface area contributed by atoms with Crippen molar-refractivity contribution in [2.24, 2.45) is 0 Å². The molecule has 0 radical (unpaired) electrons. The molecule has 1 amide bonds. The molecule has 0 aliphatic heterocycles. The van der Waals surface area contributed by atoms with Crippen molar-refractivity contribution < 1.29 is 9.00 Å². The van der Waals surface area contributed by atoms with E-state index in [4.69, 9.17) is 0 Å². The number of anilines is 1. The second kappa shape index (κ2) is 7.08. The van der Waals surface area contributed by atoms with Gasteiger partial charge in [0.15, 0.2) is 11.3 Å². The first kappa shape index (κ1) is 17.0. The summed E-state index contributed by atoms with van der Waals surface area (Å²) >= 11 is 0. The van der Waals surface area contributed by atoms with Gasteiger partial charge in [-0.05, 0) is 30.3 Å². The highest BCUT2D eigenvalue weighted by Crippen LogP contribution is 2.24. The van der Waals surface area contributed by atoms with E-state index in [1.165, 1.54) is 10.7 Å².